The molecule has 0 radical (unpaired) electrons. The molecule has 1 rings (SSSR count). The highest BCUT2D eigenvalue weighted by molar-refractivity contribution is 4.82. The number of likely N-dealkylation sites (N-methyl/N-ethyl adjacent to an activating group) is 1. The number of hydrogen-bond donors (Lipinski definition) is 1. The predicted molar refractivity (Wildman–Crippen MR) is 53.3 cm³/mol. The molecule has 0 aromatic carbocycles. The van der Waals surface area contributed by atoms with Crippen LogP contribution in [-0.2, 0) is 0 Å². The highest BCUT2D eigenvalue weighted by atomic mass is 15.2. The first-order valence-electron chi connectivity index (χ1n) is 5.05. The maximum absolute atomic E-state index is 3.41. The molecule has 1 heterocycles. The number of hydrogen-bond acceptors (Lipinski definition) is 2. The van der Waals surface area contributed by atoms with Crippen LogP contribution in [-0.4, -0.2) is 37.1 Å². The first-order valence-corrected chi connectivity index (χ1v) is 5.05. The Kier molecular flexibility index (Phi) is 3.53. The number of rotatable bonds is 3. The second kappa shape index (κ2) is 4.24. The Labute approximate surface area is 76.3 Å². The molecule has 12 heavy (non-hydrogen) atoms. The summed E-state index contributed by atoms with van der Waals surface area (Å²) in [4.78, 5) is 2.52. The zero-order valence-corrected chi connectivity index (χ0v) is 8.80. The monoisotopic (exact) mass is 170 g/mol. The van der Waals surface area contributed by atoms with Crippen molar-refractivity contribution in [3.8, 4) is 0 Å². The van der Waals surface area contributed by atoms with E-state index in [4.69, 9.17) is 0 Å². The predicted octanol–water partition coefficient (Wildman–Crippen LogP) is 1.32. The van der Waals surface area contributed by atoms with E-state index in [9.17, 15) is 0 Å². The summed E-state index contributed by atoms with van der Waals surface area (Å²) in [6, 6.07) is 1.47. The lowest BCUT2D eigenvalue weighted by Crippen LogP contribution is -2.42. The average molecular weight is 170 g/mol. The molecule has 1 fully saturated rings. The van der Waals surface area contributed by atoms with Gasteiger partial charge in [0.15, 0.2) is 0 Å². The number of nitrogens with one attached hydrogen (secondary N) is 1. The quantitative estimate of drug-likeness (QED) is 0.687. The summed E-state index contributed by atoms with van der Waals surface area (Å²) in [5, 5.41) is 3.41. The maximum Gasteiger partial charge on any atom is 0.0232 e. The second-order valence-corrected chi connectivity index (χ2v) is 4.30. The topological polar surface area (TPSA) is 15.3 Å². The fraction of sp³-hybridized carbons (Fsp3) is 1.00. The lowest BCUT2D eigenvalue weighted by Gasteiger charge is -2.32. The molecule has 1 saturated heterocycles. The average Bonchev–Trinajstić information content (AvgIpc) is 2.53. The summed E-state index contributed by atoms with van der Waals surface area (Å²) >= 11 is 0. The lowest BCUT2D eigenvalue weighted by molar-refractivity contribution is 0.157. The molecule has 0 aromatic rings. The van der Waals surface area contributed by atoms with Crippen molar-refractivity contribution in [2.45, 2.75) is 39.3 Å². The Bertz CT molecular complexity index is 126. The molecular weight excluding hydrogens is 148 g/mol. The Hall–Kier alpha value is -0.0800. The van der Waals surface area contributed by atoms with Gasteiger partial charge in [0.05, 0.1) is 0 Å². The molecule has 0 bridgehead atoms. The SMILES string of the molecule is CC(C)C(C)N(C)C1CCNC1. The molecule has 2 heteroatoms. The van der Waals surface area contributed by atoms with Crippen molar-refractivity contribution in [1.82, 2.24) is 10.2 Å². The van der Waals surface area contributed by atoms with Crippen LogP contribution >= 0.6 is 0 Å². The van der Waals surface area contributed by atoms with Crippen LogP contribution in [0.5, 0.6) is 0 Å². The highest BCUT2D eigenvalue weighted by Crippen LogP contribution is 2.14. The van der Waals surface area contributed by atoms with Crippen LogP contribution < -0.4 is 5.32 Å². The zero-order chi connectivity index (χ0) is 9.14. The smallest absolute Gasteiger partial charge is 0.0232 e. The van der Waals surface area contributed by atoms with Gasteiger partial charge in [-0.05, 0) is 32.9 Å². The van der Waals surface area contributed by atoms with Crippen LogP contribution in [0.1, 0.15) is 27.2 Å². The van der Waals surface area contributed by atoms with Gasteiger partial charge in [0, 0.05) is 18.6 Å². The summed E-state index contributed by atoms with van der Waals surface area (Å²) in [5.74, 6) is 0.760. The summed E-state index contributed by atoms with van der Waals surface area (Å²) in [5.41, 5.74) is 0. The van der Waals surface area contributed by atoms with Gasteiger partial charge in [-0.1, -0.05) is 13.8 Å². The third-order valence-corrected chi connectivity index (χ3v) is 3.22. The standard InChI is InChI=1S/C10H22N2/c1-8(2)9(3)12(4)10-5-6-11-7-10/h8-11H,5-7H2,1-4H3. The van der Waals surface area contributed by atoms with Crippen LogP contribution in [0.4, 0.5) is 0 Å². The molecule has 0 spiro atoms. The van der Waals surface area contributed by atoms with E-state index in [2.05, 4.69) is 38.0 Å². The van der Waals surface area contributed by atoms with E-state index >= 15 is 0 Å². The molecule has 0 aliphatic carbocycles. The van der Waals surface area contributed by atoms with Crippen molar-refractivity contribution >= 4 is 0 Å². The molecule has 1 N–H and O–H groups in total. The van der Waals surface area contributed by atoms with Crippen LogP contribution in [0.2, 0.25) is 0 Å². The van der Waals surface area contributed by atoms with Gasteiger partial charge in [-0.15, -0.1) is 0 Å². The zero-order valence-electron chi connectivity index (χ0n) is 8.80. The van der Waals surface area contributed by atoms with Crippen molar-refractivity contribution in [1.29, 1.82) is 0 Å². The van der Waals surface area contributed by atoms with Gasteiger partial charge in [-0.2, -0.15) is 0 Å². The van der Waals surface area contributed by atoms with E-state index in [1.165, 1.54) is 19.5 Å². The maximum atomic E-state index is 3.41. The van der Waals surface area contributed by atoms with E-state index in [0.717, 1.165) is 12.0 Å². The van der Waals surface area contributed by atoms with E-state index in [0.29, 0.717) is 6.04 Å². The van der Waals surface area contributed by atoms with Gasteiger partial charge in [0.2, 0.25) is 0 Å². The van der Waals surface area contributed by atoms with Crippen molar-refractivity contribution in [2.24, 2.45) is 5.92 Å². The summed E-state index contributed by atoms with van der Waals surface area (Å²) in [6.07, 6.45) is 1.31. The van der Waals surface area contributed by atoms with Gasteiger partial charge in [0.25, 0.3) is 0 Å². The van der Waals surface area contributed by atoms with Crippen LogP contribution in [0.15, 0.2) is 0 Å². The fourth-order valence-corrected chi connectivity index (χ4v) is 1.79. The van der Waals surface area contributed by atoms with Gasteiger partial charge >= 0.3 is 0 Å². The third-order valence-electron chi connectivity index (χ3n) is 3.22. The van der Waals surface area contributed by atoms with Crippen molar-refractivity contribution in [3.05, 3.63) is 0 Å². The minimum atomic E-state index is 0.704. The molecule has 2 atom stereocenters. The molecule has 2 nitrogen and oxygen atoms in total. The lowest BCUT2D eigenvalue weighted by atomic mass is 10.0. The first-order chi connectivity index (χ1) is 5.63. The van der Waals surface area contributed by atoms with E-state index in [-0.39, 0.29) is 0 Å². The molecule has 2 unspecified atom stereocenters. The summed E-state index contributed by atoms with van der Waals surface area (Å²) < 4.78 is 0. The van der Waals surface area contributed by atoms with Crippen LogP contribution in [0.25, 0.3) is 0 Å². The van der Waals surface area contributed by atoms with Gasteiger partial charge < -0.3 is 5.32 Å². The Morgan fingerprint density at radius 2 is 2.00 bits per heavy atom. The van der Waals surface area contributed by atoms with E-state index in [1.54, 1.807) is 0 Å². The third kappa shape index (κ3) is 2.20. The van der Waals surface area contributed by atoms with E-state index < -0.39 is 0 Å². The van der Waals surface area contributed by atoms with Crippen molar-refractivity contribution < 1.29 is 0 Å². The van der Waals surface area contributed by atoms with Crippen molar-refractivity contribution in [3.63, 3.8) is 0 Å². The summed E-state index contributed by atoms with van der Waals surface area (Å²) in [7, 11) is 2.25. The van der Waals surface area contributed by atoms with Gasteiger partial charge in [-0.25, -0.2) is 0 Å². The Balaban J connectivity index is 2.39. The number of nitrogens with zero attached hydrogens (tertiary/aromatic N) is 1. The fourth-order valence-electron chi connectivity index (χ4n) is 1.79. The van der Waals surface area contributed by atoms with Gasteiger partial charge in [0.1, 0.15) is 0 Å². The highest BCUT2D eigenvalue weighted by Gasteiger charge is 2.24. The molecule has 0 aromatic heterocycles. The molecule has 1 aliphatic rings. The Morgan fingerprint density at radius 1 is 1.33 bits per heavy atom. The largest absolute Gasteiger partial charge is 0.315 e. The molecule has 1 aliphatic heterocycles. The van der Waals surface area contributed by atoms with Crippen LogP contribution in [0, 0.1) is 5.92 Å². The minimum absolute atomic E-state index is 0.704. The van der Waals surface area contributed by atoms with Crippen LogP contribution in [0.3, 0.4) is 0 Å². The van der Waals surface area contributed by atoms with E-state index in [1.807, 2.05) is 0 Å². The normalized spacial score (nSPS) is 27.0. The van der Waals surface area contributed by atoms with Crippen molar-refractivity contribution in [2.75, 3.05) is 20.1 Å². The first kappa shape index (κ1) is 10.0. The Morgan fingerprint density at radius 3 is 2.42 bits per heavy atom. The molecule has 0 saturated carbocycles. The summed E-state index contributed by atoms with van der Waals surface area (Å²) in [6.45, 7) is 9.28. The molecule has 72 valence electrons. The van der Waals surface area contributed by atoms with Gasteiger partial charge in [-0.3, -0.25) is 4.90 Å². The second-order valence-electron chi connectivity index (χ2n) is 4.30. The minimum Gasteiger partial charge on any atom is -0.315 e. The molecule has 0 amide bonds. The molecular formula is C10H22N2.